The molecule has 3 heterocycles. The SMILES string of the molecule is CCCSc1nc(NCc2ccc(OC)cc2)c2c(n1)N(Cc1cncnc1)C(C=O)N2. The normalized spacial score (nSPS) is 14.6. The Kier molecular flexibility index (Phi) is 7.00. The second-order valence-electron chi connectivity index (χ2n) is 7.20. The lowest BCUT2D eigenvalue weighted by atomic mass is 10.2. The number of ether oxygens (including phenoxy) is 1. The summed E-state index contributed by atoms with van der Waals surface area (Å²) in [6.07, 6.45) is 6.30. The van der Waals surface area contributed by atoms with Crippen molar-refractivity contribution in [1.82, 2.24) is 19.9 Å². The maximum atomic E-state index is 11.9. The van der Waals surface area contributed by atoms with Crippen molar-refractivity contribution in [3.05, 3.63) is 54.1 Å². The number of rotatable bonds is 10. The number of hydrogen-bond donors (Lipinski definition) is 2. The van der Waals surface area contributed by atoms with Crippen LogP contribution in [-0.4, -0.2) is 45.3 Å². The Bertz CT molecular complexity index is 1050. The number of benzene rings is 1. The topological polar surface area (TPSA) is 105 Å². The number of carbonyl (C=O) groups excluding carboxylic acids is 1. The molecule has 0 amide bonds. The first-order chi connectivity index (χ1) is 15.7. The minimum absolute atomic E-state index is 0.455. The van der Waals surface area contributed by atoms with Gasteiger partial charge in [-0.15, -0.1) is 0 Å². The molecule has 10 heteroatoms. The number of fused-ring (bicyclic) bond motifs is 1. The summed E-state index contributed by atoms with van der Waals surface area (Å²) in [4.78, 5) is 31.4. The van der Waals surface area contributed by atoms with Gasteiger partial charge in [-0.05, 0) is 24.1 Å². The Morgan fingerprint density at radius 3 is 2.66 bits per heavy atom. The van der Waals surface area contributed by atoms with Crippen molar-refractivity contribution in [3.63, 3.8) is 0 Å². The minimum atomic E-state index is -0.549. The van der Waals surface area contributed by atoms with Gasteiger partial charge in [-0.2, -0.15) is 0 Å². The molecule has 9 nitrogen and oxygen atoms in total. The zero-order valence-corrected chi connectivity index (χ0v) is 18.8. The van der Waals surface area contributed by atoms with Crippen molar-refractivity contribution in [2.45, 2.75) is 37.8 Å². The molecule has 1 unspecified atom stereocenters. The van der Waals surface area contributed by atoms with Gasteiger partial charge in [0.05, 0.1) is 7.11 Å². The number of hydrogen-bond acceptors (Lipinski definition) is 10. The van der Waals surface area contributed by atoms with Crippen LogP contribution >= 0.6 is 11.8 Å². The second kappa shape index (κ2) is 10.3. The summed E-state index contributed by atoms with van der Waals surface area (Å²) >= 11 is 1.60. The number of anilines is 3. The average molecular weight is 452 g/mol. The van der Waals surface area contributed by atoms with E-state index in [0.717, 1.165) is 35.3 Å². The largest absolute Gasteiger partial charge is 0.497 e. The lowest BCUT2D eigenvalue weighted by Gasteiger charge is -2.21. The van der Waals surface area contributed by atoms with Crippen LogP contribution in [0.15, 0.2) is 48.1 Å². The van der Waals surface area contributed by atoms with Crippen LogP contribution in [0.5, 0.6) is 5.75 Å². The predicted molar refractivity (Wildman–Crippen MR) is 125 cm³/mol. The zero-order valence-electron chi connectivity index (χ0n) is 18.0. The summed E-state index contributed by atoms with van der Waals surface area (Å²) < 4.78 is 5.23. The monoisotopic (exact) mass is 451 g/mol. The molecule has 0 saturated carbocycles. The molecule has 1 aliphatic heterocycles. The van der Waals surface area contributed by atoms with Crippen LogP contribution in [0.25, 0.3) is 0 Å². The van der Waals surface area contributed by atoms with Crippen molar-refractivity contribution in [2.24, 2.45) is 0 Å². The van der Waals surface area contributed by atoms with Crippen molar-refractivity contribution >= 4 is 35.4 Å². The minimum Gasteiger partial charge on any atom is -0.497 e. The number of nitrogens with zero attached hydrogens (tertiary/aromatic N) is 5. The third kappa shape index (κ3) is 4.91. The van der Waals surface area contributed by atoms with Crippen LogP contribution < -0.4 is 20.3 Å². The van der Waals surface area contributed by atoms with E-state index in [-0.39, 0.29) is 0 Å². The van der Waals surface area contributed by atoms with Crippen LogP contribution in [0.4, 0.5) is 17.3 Å². The standard InChI is InChI=1S/C22H25N7O2S/c1-3-8-32-22-27-20(25-11-15-4-6-17(31-2)7-5-15)19-21(28-22)29(18(13-30)26-19)12-16-9-23-14-24-10-16/h4-7,9-10,13-14,18,26H,3,8,11-12H2,1-2H3,(H,25,27,28). The first-order valence-corrected chi connectivity index (χ1v) is 11.3. The number of carbonyl (C=O) groups is 1. The van der Waals surface area contributed by atoms with Crippen molar-refractivity contribution < 1.29 is 9.53 Å². The second-order valence-corrected chi connectivity index (χ2v) is 8.27. The molecule has 32 heavy (non-hydrogen) atoms. The Morgan fingerprint density at radius 1 is 1.19 bits per heavy atom. The highest BCUT2D eigenvalue weighted by atomic mass is 32.2. The maximum Gasteiger partial charge on any atom is 0.191 e. The van der Waals surface area contributed by atoms with E-state index >= 15 is 0 Å². The van der Waals surface area contributed by atoms with Gasteiger partial charge in [0.25, 0.3) is 0 Å². The molecular weight excluding hydrogens is 426 g/mol. The van der Waals surface area contributed by atoms with E-state index < -0.39 is 6.17 Å². The highest BCUT2D eigenvalue weighted by Crippen LogP contribution is 2.40. The Labute approximate surface area is 191 Å². The Balaban J connectivity index is 1.63. The Hall–Kier alpha value is -3.40. The highest BCUT2D eigenvalue weighted by molar-refractivity contribution is 7.99. The van der Waals surface area contributed by atoms with E-state index in [1.165, 1.54) is 6.33 Å². The number of nitrogens with one attached hydrogen (secondary N) is 2. The predicted octanol–water partition coefficient (Wildman–Crippen LogP) is 3.35. The fourth-order valence-corrected chi connectivity index (χ4v) is 4.02. The van der Waals surface area contributed by atoms with Gasteiger partial charge >= 0.3 is 0 Å². The van der Waals surface area contributed by atoms with Crippen molar-refractivity contribution in [1.29, 1.82) is 0 Å². The molecule has 166 valence electrons. The van der Waals surface area contributed by atoms with Gasteiger partial charge in [-0.3, -0.25) is 4.79 Å². The van der Waals surface area contributed by atoms with E-state index in [2.05, 4.69) is 27.5 Å². The van der Waals surface area contributed by atoms with E-state index in [4.69, 9.17) is 14.7 Å². The van der Waals surface area contributed by atoms with Gasteiger partial charge < -0.3 is 20.3 Å². The highest BCUT2D eigenvalue weighted by Gasteiger charge is 2.33. The third-order valence-corrected chi connectivity index (χ3v) is 5.97. The summed E-state index contributed by atoms with van der Waals surface area (Å²) in [5.74, 6) is 3.08. The fourth-order valence-electron chi connectivity index (χ4n) is 3.33. The molecule has 0 spiro atoms. The van der Waals surface area contributed by atoms with Crippen LogP contribution in [0, 0.1) is 0 Å². The number of thioether (sulfide) groups is 1. The molecule has 0 fully saturated rings. The first kappa shape index (κ1) is 21.8. The van der Waals surface area contributed by atoms with E-state index in [0.29, 0.717) is 35.6 Å². The Morgan fingerprint density at radius 2 is 1.97 bits per heavy atom. The number of aldehydes is 1. The summed E-state index contributed by atoms with van der Waals surface area (Å²) in [6.45, 7) is 3.15. The van der Waals surface area contributed by atoms with Crippen LogP contribution in [0.1, 0.15) is 24.5 Å². The van der Waals surface area contributed by atoms with Gasteiger partial charge in [-0.25, -0.2) is 19.9 Å². The zero-order chi connectivity index (χ0) is 22.3. The van der Waals surface area contributed by atoms with E-state index in [9.17, 15) is 4.79 Å². The molecule has 2 aromatic heterocycles. The fraction of sp³-hybridized carbons (Fsp3) is 0.318. The quantitative estimate of drug-likeness (QED) is 0.271. The molecule has 0 aliphatic carbocycles. The summed E-state index contributed by atoms with van der Waals surface area (Å²) in [7, 11) is 1.65. The van der Waals surface area contributed by atoms with E-state index in [1.807, 2.05) is 29.2 Å². The molecule has 3 aromatic rings. The van der Waals surface area contributed by atoms with Crippen LogP contribution in [0.2, 0.25) is 0 Å². The molecule has 2 N–H and O–H groups in total. The number of aromatic nitrogens is 4. The third-order valence-electron chi connectivity index (χ3n) is 4.92. The molecule has 0 radical (unpaired) electrons. The molecule has 0 saturated heterocycles. The molecule has 1 aromatic carbocycles. The lowest BCUT2D eigenvalue weighted by Crippen LogP contribution is -2.36. The van der Waals surface area contributed by atoms with Crippen molar-refractivity contribution in [3.8, 4) is 5.75 Å². The molecule has 4 rings (SSSR count). The number of methoxy groups -OCH3 is 1. The van der Waals surface area contributed by atoms with Crippen molar-refractivity contribution in [2.75, 3.05) is 28.4 Å². The van der Waals surface area contributed by atoms with Gasteiger partial charge in [-0.1, -0.05) is 30.8 Å². The lowest BCUT2D eigenvalue weighted by molar-refractivity contribution is -0.108. The summed E-state index contributed by atoms with van der Waals surface area (Å²) in [5.41, 5.74) is 2.69. The summed E-state index contributed by atoms with van der Waals surface area (Å²) in [6, 6.07) is 7.86. The molecule has 1 atom stereocenters. The van der Waals surface area contributed by atoms with Gasteiger partial charge in [0, 0.05) is 36.8 Å². The molecule has 0 bridgehead atoms. The van der Waals surface area contributed by atoms with Crippen LogP contribution in [0.3, 0.4) is 0 Å². The van der Waals surface area contributed by atoms with Crippen LogP contribution in [-0.2, 0) is 17.9 Å². The van der Waals surface area contributed by atoms with Gasteiger partial charge in [0.15, 0.2) is 29.2 Å². The average Bonchev–Trinajstić information content (AvgIpc) is 3.19. The van der Waals surface area contributed by atoms with E-state index in [1.54, 1.807) is 31.3 Å². The van der Waals surface area contributed by atoms with Gasteiger partial charge in [0.1, 0.15) is 17.8 Å². The summed E-state index contributed by atoms with van der Waals surface area (Å²) in [5, 5.41) is 7.34. The smallest absolute Gasteiger partial charge is 0.191 e. The molecule has 1 aliphatic rings. The molecular formula is C22H25N7O2S. The van der Waals surface area contributed by atoms with Gasteiger partial charge in [0.2, 0.25) is 0 Å². The first-order valence-electron chi connectivity index (χ1n) is 10.4. The maximum absolute atomic E-state index is 11.9.